The minimum absolute atomic E-state index is 0.0879. The van der Waals surface area contributed by atoms with Crippen LogP contribution in [0.25, 0.3) is 10.6 Å². The van der Waals surface area contributed by atoms with E-state index in [0.717, 1.165) is 54.4 Å². The van der Waals surface area contributed by atoms with Gasteiger partial charge >= 0.3 is 0 Å². The summed E-state index contributed by atoms with van der Waals surface area (Å²) >= 11 is 1.60. The van der Waals surface area contributed by atoms with E-state index < -0.39 is 0 Å². The number of hydrogen-bond donors (Lipinski definition) is 2. The van der Waals surface area contributed by atoms with Crippen molar-refractivity contribution in [2.75, 3.05) is 38.3 Å². The van der Waals surface area contributed by atoms with E-state index >= 15 is 0 Å². The minimum Gasteiger partial charge on any atom is -0.358 e. The predicted molar refractivity (Wildman–Crippen MR) is 130 cm³/mol. The zero-order valence-electron chi connectivity index (χ0n) is 18.6. The zero-order chi connectivity index (χ0) is 22.8. The van der Waals surface area contributed by atoms with Crippen molar-refractivity contribution in [2.45, 2.75) is 25.3 Å². The maximum absolute atomic E-state index is 12.3. The Kier molecular flexibility index (Phi) is 6.21. The van der Waals surface area contributed by atoms with Crippen LogP contribution in [0.2, 0.25) is 0 Å². The van der Waals surface area contributed by atoms with E-state index in [2.05, 4.69) is 42.9 Å². The van der Waals surface area contributed by atoms with Gasteiger partial charge in [0.15, 0.2) is 0 Å². The van der Waals surface area contributed by atoms with Crippen LogP contribution in [0, 0.1) is 0 Å². The predicted octanol–water partition coefficient (Wildman–Crippen LogP) is 2.18. The van der Waals surface area contributed by atoms with Crippen molar-refractivity contribution in [3.63, 3.8) is 0 Å². The van der Waals surface area contributed by atoms with Gasteiger partial charge in [-0.05, 0) is 30.8 Å². The molecule has 5 heterocycles. The molecule has 0 aromatic carbocycles. The number of thiophene rings is 1. The molecule has 1 fully saturated rings. The standard InChI is InChI=1S/C23H28N8OS/c1-29-15-31(23-25-10-16(9-24)11-26-23)14-18(29)13-30-6-2-4-17(12-30)22-27-19(8-21(32)28-22)20-5-3-7-33-20/h3,5,7-8,10-11,14,17H,2,4,6,9,12-13,15,24H2,1H3,(H,27,28,32). The smallest absolute Gasteiger partial charge is 0.251 e. The molecule has 0 saturated carbocycles. The zero-order valence-corrected chi connectivity index (χ0v) is 19.5. The van der Waals surface area contributed by atoms with Gasteiger partial charge < -0.3 is 15.6 Å². The van der Waals surface area contributed by atoms with E-state index in [1.165, 1.54) is 5.70 Å². The number of nitrogens with one attached hydrogen (secondary N) is 1. The lowest BCUT2D eigenvalue weighted by atomic mass is 9.97. The molecule has 5 rings (SSSR count). The third kappa shape index (κ3) is 4.82. The van der Waals surface area contributed by atoms with Crippen LogP contribution in [0.5, 0.6) is 0 Å². The van der Waals surface area contributed by atoms with Crippen LogP contribution in [0.3, 0.4) is 0 Å². The summed E-state index contributed by atoms with van der Waals surface area (Å²) in [5, 5.41) is 2.01. The molecule has 0 bridgehead atoms. The van der Waals surface area contributed by atoms with Crippen LogP contribution in [-0.2, 0) is 6.54 Å². The van der Waals surface area contributed by atoms with Gasteiger partial charge in [0.05, 0.1) is 17.2 Å². The first-order valence-electron chi connectivity index (χ1n) is 11.2. The van der Waals surface area contributed by atoms with E-state index in [1.807, 2.05) is 17.5 Å². The fraction of sp³-hybridized carbons (Fsp3) is 0.391. The molecule has 3 aromatic rings. The van der Waals surface area contributed by atoms with Gasteiger partial charge in [-0.15, -0.1) is 11.3 Å². The van der Waals surface area contributed by atoms with Gasteiger partial charge in [0.25, 0.3) is 5.56 Å². The van der Waals surface area contributed by atoms with Gasteiger partial charge in [0, 0.05) is 68.5 Å². The fourth-order valence-electron chi connectivity index (χ4n) is 4.39. The molecule has 0 spiro atoms. The van der Waals surface area contributed by atoms with Crippen LogP contribution in [0.4, 0.5) is 5.95 Å². The molecule has 1 saturated heterocycles. The highest BCUT2D eigenvalue weighted by Crippen LogP contribution is 2.28. The first kappa shape index (κ1) is 21.7. The van der Waals surface area contributed by atoms with Crippen molar-refractivity contribution in [2.24, 2.45) is 5.73 Å². The van der Waals surface area contributed by atoms with Crippen LogP contribution < -0.4 is 16.2 Å². The highest BCUT2D eigenvalue weighted by molar-refractivity contribution is 7.13. The lowest BCUT2D eigenvalue weighted by Gasteiger charge is -2.33. The van der Waals surface area contributed by atoms with Crippen molar-refractivity contribution in [3.8, 4) is 10.6 Å². The number of hydrogen-bond acceptors (Lipinski definition) is 9. The highest BCUT2D eigenvalue weighted by Gasteiger charge is 2.27. The van der Waals surface area contributed by atoms with Crippen molar-refractivity contribution in [1.82, 2.24) is 29.7 Å². The van der Waals surface area contributed by atoms with Crippen molar-refractivity contribution >= 4 is 17.3 Å². The Balaban J connectivity index is 1.29. The molecule has 172 valence electrons. The first-order valence-corrected chi connectivity index (χ1v) is 12.0. The summed E-state index contributed by atoms with van der Waals surface area (Å²) in [7, 11) is 2.09. The largest absolute Gasteiger partial charge is 0.358 e. The SMILES string of the molecule is CN1CN(c2ncc(CN)cn2)C=C1CN1CCCC(c2nc(-c3cccs3)cc(=O)[nH]2)C1. The van der Waals surface area contributed by atoms with Crippen molar-refractivity contribution < 1.29 is 0 Å². The Morgan fingerprint density at radius 3 is 2.91 bits per heavy atom. The lowest BCUT2D eigenvalue weighted by molar-refractivity contribution is 0.206. The second kappa shape index (κ2) is 9.42. The Bertz CT molecular complexity index is 1170. The summed E-state index contributed by atoms with van der Waals surface area (Å²) < 4.78 is 0. The van der Waals surface area contributed by atoms with E-state index in [4.69, 9.17) is 10.7 Å². The van der Waals surface area contributed by atoms with Crippen LogP contribution in [0.15, 0.2) is 52.7 Å². The van der Waals surface area contributed by atoms with Crippen molar-refractivity contribution in [1.29, 1.82) is 0 Å². The quantitative estimate of drug-likeness (QED) is 0.572. The number of H-pyrrole nitrogens is 1. The molecule has 9 nitrogen and oxygen atoms in total. The fourth-order valence-corrected chi connectivity index (χ4v) is 5.08. The number of likely N-dealkylation sites (N-methyl/N-ethyl adjacent to an activating group) is 1. The Labute approximate surface area is 196 Å². The molecule has 2 aliphatic heterocycles. The van der Waals surface area contributed by atoms with Crippen LogP contribution >= 0.6 is 11.3 Å². The number of piperidine rings is 1. The molecule has 0 aliphatic carbocycles. The molecule has 1 atom stereocenters. The summed E-state index contributed by atoms with van der Waals surface area (Å²) in [6.45, 7) is 3.88. The maximum Gasteiger partial charge on any atom is 0.251 e. The molecular weight excluding hydrogens is 436 g/mol. The third-order valence-corrected chi connectivity index (χ3v) is 7.05. The van der Waals surface area contributed by atoms with Gasteiger partial charge in [-0.25, -0.2) is 15.0 Å². The number of aromatic nitrogens is 4. The summed E-state index contributed by atoms with van der Waals surface area (Å²) in [6.07, 6.45) is 7.78. The normalized spacial score (nSPS) is 19.2. The number of nitrogens with two attached hydrogens (primary N) is 1. The summed E-state index contributed by atoms with van der Waals surface area (Å²) in [6, 6.07) is 5.58. The van der Waals surface area contributed by atoms with Crippen LogP contribution in [-0.4, -0.2) is 63.1 Å². The first-order chi connectivity index (χ1) is 16.1. The second-order valence-electron chi connectivity index (χ2n) is 8.59. The van der Waals surface area contributed by atoms with Gasteiger partial charge in [0.2, 0.25) is 5.95 Å². The third-order valence-electron chi connectivity index (χ3n) is 6.16. The average molecular weight is 465 g/mol. The van der Waals surface area contributed by atoms with E-state index in [9.17, 15) is 4.79 Å². The molecule has 10 heteroatoms. The van der Waals surface area contributed by atoms with E-state index in [1.54, 1.807) is 29.8 Å². The number of likely N-dealkylation sites (tertiary alicyclic amines) is 1. The Morgan fingerprint density at radius 2 is 2.15 bits per heavy atom. The van der Waals surface area contributed by atoms with Crippen molar-refractivity contribution in [3.05, 3.63) is 69.6 Å². The van der Waals surface area contributed by atoms with E-state index in [-0.39, 0.29) is 11.5 Å². The molecule has 0 amide bonds. The van der Waals surface area contributed by atoms with Gasteiger partial charge in [-0.3, -0.25) is 14.6 Å². The van der Waals surface area contributed by atoms with Gasteiger partial charge in [-0.1, -0.05) is 6.07 Å². The lowest BCUT2D eigenvalue weighted by Crippen LogP contribution is -2.38. The molecule has 2 aliphatic rings. The number of aromatic amines is 1. The summed E-state index contributed by atoms with van der Waals surface area (Å²) in [4.78, 5) is 36.8. The topological polar surface area (TPSA) is 107 Å². The Hall–Kier alpha value is -3.08. The number of rotatable bonds is 6. The molecule has 3 N–H and O–H groups in total. The number of anilines is 1. The summed E-state index contributed by atoms with van der Waals surface area (Å²) in [5.74, 6) is 1.68. The van der Waals surface area contributed by atoms with Crippen LogP contribution in [0.1, 0.15) is 30.1 Å². The average Bonchev–Trinajstić information content (AvgIpc) is 3.50. The molecule has 33 heavy (non-hydrogen) atoms. The molecule has 0 radical (unpaired) electrons. The molecule has 3 aromatic heterocycles. The monoisotopic (exact) mass is 464 g/mol. The van der Waals surface area contributed by atoms with E-state index in [0.29, 0.717) is 19.2 Å². The van der Waals surface area contributed by atoms with Gasteiger partial charge in [0.1, 0.15) is 5.82 Å². The molecular formula is C23H28N8OS. The second-order valence-corrected chi connectivity index (χ2v) is 9.54. The van der Waals surface area contributed by atoms with Gasteiger partial charge in [-0.2, -0.15) is 0 Å². The Morgan fingerprint density at radius 1 is 1.30 bits per heavy atom. The number of nitrogens with zero attached hydrogens (tertiary/aromatic N) is 6. The minimum atomic E-state index is -0.0879. The highest BCUT2D eigenvalue weighted by atomic mass is 32.1. The summed E-state index contributed by atoms with van der Waals surface area (Å²) in [5.41, 5.74) is 8.46. The molecule has 1 unspecified atom stereocenters. The maximum atomic E-state index is 12.3.